The monoisotopic (exact) mass is 276 g/mol. The van der Waals surface area contributed by atoms with E-state index in [1.165, 1.54) is 22.2 Å². The Morgan fingerprint density at radius 3 is 2.84 bits per heavy atom. The minimum Gasteiger partial charge on any atom is -0.342 e. The van der Waals surface area contributed by atoms with Crippen molar-refractivity contribution < 1.29 is 18.0 Å². The summed E-state index contributed by atoms with van der Waals surface area (Å²) < 4.78 is 39.4. The quantitative estimate of drug-likeness (QED) is 0.840. The smallest absolute Gasteiger partial charge is 0.342 e. The van der Waals surface area contributed by atoms with Crippen molar-refractivity contribution in [1.29, 1.82) is 0 Å². The number of hydrogen-bond acceptors (Lipinski definition) is 3. The third kappa shape index (κ3) is 3.68. The van der Waals surface area contributed by atoms with Crippen LogP contribution in [0.3, 0.4) is 0 Å². The molecule has 1 fully saturated rings. The van der Waals surface area contributed by atoms with Crippen LogP contribution in [0.5, 0.6) is 0 Å². The molecule has 0 unspecified atom stereocenters. The van der Waals surface area contributed by atoms with Gasteiger partial charge < -0.3 is 4.90 Å². The lowest BCUT2D eigenvalue weighted by molar-refractivity contribution is -0.188. The second-order valence-electron chi connectivity index (χ2n) is 4.63. The van der Waals surface area contributed by atoms with Gasteiger partial charge in [-0.05, 0) is 12.8 Å². The molecule has 2 rings (SSSR count). The summed E-state index contributed by atoms with van der Waals surface area (Å²) in [5.74, 6) is -1.65. The summed E-state index contributed by atoms with van der Waals surface area (Å²) in [7, 11) is 0. The number of rotatable bonds is 3. The van der Waals surface area contributed by atoms with Gasteiger partial charge in [0.1, 0.15) is 12.7 Å². The molecule has 19 heavy (non-hydrogen) atoms. The van der Waals surface area contributed by atoms with E-state index < -0.39 is 12.1 Å². The van der Waals surface area contributed by atoms with Crippen LogP contribution in [0.4, 0.5) is 13.2 Å². The van der Waals surface area contributed by atoms with Crippen LogP contribution in [0.25, 0.3) is 0 Å². The first-order valence-corrected chi connectivity index (χ1v) is 6.13. The van der Waals surface area contributed by atoms with Crippen LogP contribution in [-0.4, -0.2) is 44.8 Å². The van der Waals surface area contributed by atoms with Gasteiger partial charge in [0.05, 0.1) is 12.5 Å². The lowest BCUT2D eigenvalue weighted by atomic mass is 9.97. The molecule has 1 aromatic rings. The van der Waals surface area contributed by atoms with Crippen LogP contribution >= 0.6 is 0 Å². The maximum atomic E-state index is 12.6. The Labute approximate surface area is 108 Å². The van der Waals surface area contributed by atoms with E-state index in [9.17, 15) is 18.0 Å². The van der Waals surface area contributed by atoms with E-state index in [-0.39, 0.29) is 25.3 Å². The molecule has 0 aliphatic carbocycles. The second-order valence-corrected chi connectivity index (χ2v) is 4.63. The van der Waals surface area contributed by atoms with Gasteiger partial charge in [0.25, 0.3) is 0 Å². The molecule has 8 heteroatoms. The molecule has 5 nitrogen and oxygen atoms in total. The highest BCUT2D eigenvalue weighted by Crippen LogP contribution is 2.33. The lowest BCUT2D eigenvalue weighted by Crippen LogP contribution is -2.44. The minimum atomic E-state index is -4.22. The summed E-state index contributed by atoms with van der Waals surface area (Å²) >= 11 is 0. The molecule has 1 atom stereocenters. The van der Waals surface area contributed by atoms with E-state index in [0.717, 1.165) is 0 Å². The molecule has 0 N–H and O–H groups in total. The first kappa shape index (κ1) is 13.8. The van der Waals surface area contributed by atoms with Crippen LogP contribution < -0.4 is 0 Å². The Morgan fingerprint density at radius 1 is 1.42 bits per heavy atom. The van der Waals surface area contributed by atoms with Crippen LogP contribution in [0.2, 0.25) is 0 Å². The highest BCUT2D eigenvalue weighted by Gasteiger charge is 2.42. The fraction of sp³-hybridized carbons (Fsp3) is 0.727. The van der Waals surface area contributed by atoms with Gasteiger partial charge in [-0.15, -0.1) is 0 Å². The van der Waals surface area contributed by atoms with Crippen LogP contribution in [-0.2, 0) is 11.3 Å². The lowest BCUT2D eigenvalue weighted by Gasteiger charge is -2.33. The number of aryl methyl sites for hydroxylation is 1. The minimum absolute atomic E-state index is 0.107. The SMILES string of the molecule is O=C(CCn1cncn1)N1CCC[C@@H](C(F)(F)F)C1. The topological polar surface area (TPSA) is 51.0 Å². The van der Waals surface area contributed by atoms with Crippen molar-refractivity contribution >= 4 is 5.91 Å². The van der Waals surface area contributed by atoms with E-state index in [0.29, 0.717) is 19.5 Å². The summed E-state index contributed by atoms with van der Waals surface area (Å²) in [5, 5.41) is 3.84. The number of likely N-dealkylation sites (tertiary alicyclic amines) is 1. The van der Waals surface area contributed by atoms with Gasteiger partial charge in [-0.3, -0.25) is 9.48 Å². The standard InChI is InChI=1S/C11H15F3N4O/c12-11(13,14)9-2-1-4-17(6-9)10(19)3-5-18-8-15-7-16-18/h7-9H,1-6H2/t9-/m1/s1. The Bertz CT molecular complexity index is 418. The van der Waals surface area contributed by atoms with E-state index in [4.69, 9.17) is 0 Å². The molecule has 0 radical (unpaired) electrons. The number of alkyl halides is 3. The number of amides is 1. The van der Waals surface area contributed by atoms with Crippen LogP contribution in [0, 0.1) is 5.92 Å². The average molecular weight is 276 g/mol. The van der Waals surface area contributed by atoms with Crippen molar-refractivity contribution in [3.8, 4) is 0 Å². The fourth-order valence-corrected chi connectivity index (χ4v) is 2.19. The number of carbonyl (C=O) groups is 1. The average Bonchev–Trinajstić information content (AvgIpc) is 2.88. The van der Waals surface area contributed by atoms with Crippen LogP contribution in [0.1, 0.15) is 19.3 Å². The van der Waals surface area contributed by atoms with Gasteiger partial charge in [-0.1, -0.05) is 0 Å². The molecule has 1 aromatic heterocycles. The zero-order chi connectivity index (χ0) is 13.9. The van der Waals surface area contributed by atoms with Crippen LogP contribution in [0.15, 0.2) is 12.7 Å². The van der Waals surface area contributed by atoms with Crippen molar-refractivity contribution in [3.05, 3.63) is 12.7 Å². The Morgan fingerprint density at radius 2 is 2.21 bits per heavy atom. The predicted octanol–water partition coefficient (Wildman–Crippen LogP) is 1.47. The number of aromatic nitrogens is 3. The van der Waals surface area contributed by atoms with Crippen molar-refractivity contribution in [2.45, 2.75) is 32.0 Å². The van der Waals surface area contributed by atoms with Gasteiger partial charge in [0, 0.05) is 19.5 Å². The zero-order valence-electron chi connectivity index (χ0n) is 10.3. The predicted molar refractivity (Wildman–Crippen MR) is 60.0 cm³/mol. The van der Waals surface area contributed by atoms with Gasteiger partial charge in [-0.2, -0.15) is 18.3 Å². The third-order valence-corrected chi connectivity index (χ3v) is 3.26. The Hall–Kier alpha value is -1.60. The molecule has 0 spiro atoms. The number of halogens is 3. The number of nitrogens with zero attached hydrogens (tertiary/aromatic N) is 4. The van der Waals surface area contributed by atoms with Gasteiger partial charge >= 0.3 is 6.18 Å². The molecule has 106 valence electrons. The van der Waals surface area contributed by atoms with Gasteiger partial charge in [0.15, 0.2) is 0 Å². The highest BCUT2D eigenvalue weighted by molar-refractivity contribution is 5.76. The first-order chi connectivity index (χ1) is 8.97. The number of piperidine rings is 1. The van der Waals surface area contributed by atoms with Gasteiger partial charge in [0.2, 0.25) is 5.91 Å². The zero-order valence-corrected chi connectivity index (χ0v) is 10.3. The van der Waals surface area contributed by atoms with Crippen molar-refractivity contribution in [2.75, 3.05) is 13.1 Å². The summed E-state index contributed by atoms with van der Waals surface area (Å²) in [5.41, 5.74) is 0. The molecule has 2 heterocycles. The molecule has 1 amide bonds. The van der Waals surface area contributed by atoms with E-state index in [1.54, 1.807) is 0 Å². The van der Waals surface area contributed by atoms with Crippen molar-refractivity contribution in [1.82, 2.24) is 19.7 Å². The second kappa shape index (κ2) is 5.58. The highest BCUT2D eigenvalue weighted by atomic mass is 19.4. The summed E-state index contributed by atoms with van der Waals surface area (Å²) in [6, 6.07) is 0. The summed E-state index contributed by atoms with van der Waals surface area (Å²) in [6.07, 6.45) is -0.735. The van der Waals surface area contributed by atoms with E-state index in [1.807, 2.05) is 0 Å². The maximum Gasteiger partial charge on any atom is 0.393 e. The molecule has 1 aliphatic heterocycles. The molecule has 1 saturated heterocycles. The Balaban J connectivity index is 1.85. The number of carbonyl (C=O) groups excluding carboxylic acids is 1. The molecule has 0 saturated carbocycles. The van der Waals surface area contributed by atoms with E-state index in [2.05, 4.69) is 10.1 Å². The molecular formula is C11H15F3N4O. The normalized spacial score (nSPS) is 20.6. The van der Waals surface area contributed by atoms with Crippen molar-refractivity contribution in [2.24, 2.45) is 5.92 Å². The Kier molecular flexibility index (Phi) is 4.06. The number of hydrogen-bond donors (Lipinski definition) is 0. The molecule has 1 aliphatic rings. The fourth-order valence-electron chi connectivity index (χ4n) is 2.19. The molecule has 0 aromatic carbocycles. The van der Waals surface area contributed by atoms with Crippen molar-refractivity contribution in [3.63, 3.8) is 0 Å². The maximum absolute atomic E-state index is 12.6. The molecular weight excluding hydrogens is 261 g/mol. The first-order valence-electron chi connectivity index (χ1n) is 6.13. The largest absolute Gasteiger partial charge is 0.393 e. The van der Waals surface area contributed by atoms with E-state index >= 15 is 0 Å². The van der Waals surface area contributed by atoms with Gasteiger partial charge in [-0.25, -0.2) is 4.98 Å². The third-order valence-electron chi connectivity index (χ3n) is 3.26. The summed E-state index contributed by atoms with van der Waals surface area (Å²) in [6.45, 7) is 0.522. The molecule has 0 bridgehead atoms. The summed E-state index contributed by atoms with van der Waals surface area (Å²) in [4.78, 5) is 16.9.